The molecule has 5 heteroatoms. The number of carbonyl (C=O) groups excluding carboxylic acids is 1. The molecule has 1 aliphatic carbocycles. The Morgan fingerprint density at radius 3 is 2.75 bits per heavy atom. The molecule has 0 spiro atoms. The predicted molar refractivity (Wildman–Crippen MR) is 77.7 cm³/mol. The molecule has 0 radical (unpaired) electrons. The Morgan fingerprint density at radius 1 is 1.30 bits per heavy atom. The number of benzene rings is 1. The fourth-order valence-corrected chi connectivity index (χ4v) is 3.45. The second-order valence-electron chi connectivity index (χ2n) is 5.29. The molecular formula is C15H18BrF2NO. The molecule has 110 valence electrons. The summed E-state index contributed by atoms with van der Waals surface area (Å²) in [7, 11) is 0. The van der Waals surface area contributed by atoms with Crippen molar-refractivity contribution < 1.29 is 13.6 Å². The van der Waals surface area contributed by atoms with E-state index in [-0.39, 0.29) is 23.9 Å². The van der Waals surface area contributed by atoms with Gasteiger partial charge in [0, 0.05) is 17.4 Å². The summed E-state index contributed by atoms with van der Waals surface area (Å²) >= 11 is 3.47. The van der Waals surface area contributed by atoms with Gasteiger partial charge < -0.3 is 5.32 Å². The van der Waals surface area contributed by atoms with E-state index < -0.39 is 11.6 Å². The van der Waals surface area contributed by atoms with Crippen molar-refractivity contribution in [2.75, 3.05) is 5.33 Å². The number of carbonyl (C=O) groups is 1. The summed E-state index contributed by atoms with van der Waals surface area (Å²) in [4.78, 5) is 12.0. The van der Waals surface area contributed by atoms with Gasteiger partial charge in [0.05, 0.1) is 6.42 Å². The summed E-state index contributed by atoms with van der Waals surface area (Å²) in [6.45, 7) is 0. The number of rotatable bonds is 4. The van der Waals surface area contributed by atoms with Gasteiger partial charge in [0.25, 0.3) is 0 Å². The lowest BCUT2D eigenvalue weighted by molar-refractivity contribution is -0.121. The third kappa shape index (κ3) is 4.01. The van der Waals surface area contributed by atoms with Crippen molar-refractivity contribution in [3.8, 4) is 0 Å². The van der Waals surface area contributed by atoms with E-state index in [9.17, 15) is 13.6 Å². The van der Waals surface area contributed by atoms with E-state index >= 15 is 0 Å². The standard InChI is InChI=1S/C15H18BrF2NO/c16-9-11-3-1-2-4-14(11)19-15(20)7-10-5-6-12(17)8-13(10)18/h5-6,8,11,14H,1-4,7,9H2,(H,19,20). The van der Waals surface area contributed by atoms with Crippen LogP contribution in [0.5, 0.6) is 0 Å². The van der Waals surface area contributed by atoms with Crippen LogP contribution in [0.4, 0.5) is 8.78 Å². The smallest absolute Gasteiger partial charge is 0.224 e. The topological polar surface area (TPSA) is 29.1 Å². The number of halogens is 3. The highest BCUT2D eigenvalue weighted by atomic mass is 79.9. The lowest BCUT2D eigenvalue weighted by Gasteiger charge is -2.31. The van der Waals surface area contributed by atoms with Gasteiger partial charge in [-0.15, -0.1) is 0 Å². The van der Waals surface area contributed by atoms with Crippen molar-refractivity contribution in [1.29, 1.82) is 0 Å². The summed E-state index contributed by atoms with van der Waals surface area (Å²) < 4.78 is 26.3. The van der Waals surface area contributed by atoms with Crippen molar-refractivity contribution in [2.24, 2.45) is 5.92 Å². The Labute approximate surface area is 126 Å². The summed E-state index contributed by atoms with van der Waals surface area (Å²) in [5, 5.41) is 3.84. The molecule has 1 aliphatic rings. The van der Waals surface area contributed by atoms with Gasteiger partial charge >= 0.3 is 0 Å². The predicted octanol–water partition coefficient (Wildman–Crippen LogP) is 3.58. The molecule has 2 atom stereocenters. The number of nitrogens with one attached hydrogen (secondary N) is 1. The van der Waals surface area contributed by atoms with E-state index in [1.807, 2.05) is 0 Å². The summed E-state index contributed by atoms with van der Waals surface area (Å²) in [6.07, 6.45) is 4.32. The molecule has 0 aliphatic heterocycles. The highest BCUT2D eigenvalue weighted by Gasteiger charge is 2.25. The van der Waals surface area contributed by atoms with Crippen LogP contribution in [0.1, 0.15) is 31.2 Å². The van der Waals surface area contributed by atoms with Crippen molar-refractivity contribution >= 4 is 21.8 Å². The van der Waals surface area contributed by atoms with Crippen LogP contribution >= 0.6 is 15.9 Å². The molecule has 1 aromatic carbocycles. The number of alkyl halides is 1. The molecule has 2 unspecified atom stereocenters. The largest absolute Gasteiger partial charge is 0.353 e. The zero-order valence-corrected chi connectivity index (χ0v) is 12.8. The van der Waals surface area contributed by atoms with Gasteiger partial charge in [-0.1, -0.05) is 34.8 Å². The Kier molecular flexibility index (Phi) is 5.52. The quantitative estimate of drug-likeness (QED) is 0.830. The van der Waals surface area contributed by atoms with Crippen LogP contribution in [0.3, 0.4) is 0 Å². The van der Waals surface area contributed by atoms with E-state index in [4.69, 9.17) is 0 Å². The fraction of sp³-hybridized carbons (Fsp3) is 0.533. The van der Waals surface area contributed by atoms with E-state index in [0.29, 0.717) is 5.92 Å². The van der Waals surface area contributed by atoms with Gasteiger partial charge in [-0.25, -0.2) is 8.78 Å². The van der Waals surface area contributed by atoms with Crippen molar-refractivity contribution in [3.05, 3.63) is 35.4 Å². The first-order chi connectivity index (χ1) is 9.60. The zero-order valence-electron chi connectivity index (χ0n) is 11.2. The summed E-state index contributed by atoms with van der Waals surface area (Å²) in [6, 6.07) is 3.46. The highest BCUT2D eigenvalue weighted by Crippen LogP contribution is 2.26. The minimum atomic E-state index is -0.666. The van der Waals surface area contributed by atoms with E-state index in [1.54, 1.807) is 0 Å². The molecule has 1 fully saturated rings. The van der Waals surface area contributed by atoms with E-state index in [2.05, 4.69) is 21.2 Å². The number of hydrogen-bond donors (Lipinski definition) is 1. The lowest BCUT2D eigenvalue weighted by Crippen LogP contribution is -2.43. The van der Waals surface area contributed by atoms with Crippen molar-refractivity contribution in [1.82, 2.24) is 5.32 Å². The van der Waals surface area contributed by atoms with E-state index in [1.165, 1.54) is 18.6 Å². The maximum Gasteiger partial charge on any atom is 0.224 e. The van der Waals surface area contributed by atoms with Gasteiger partial charge in [-0.05, 0) is 30.4 Å². The summed E-state index contributed by atoms with van der Waals surface area (Å²) in [5.41, 5.74) is 0.232. The van der Waals surface area contributed by atoms with Gasteiger partial charge in [0.1, 0.15) is 11.6 Å². The highest BCUT2D eigenvalue weighted by molar-refractivity contribution is 9.09. The third-order valence-corrected chi connectivity index (χ3v) is 4.65. The molecule has 0 bridgehead atoms. The van der Waals surface area contributed by atoms with Crippen LogP contribution in [0, 0.1) is 17.6 Å². The van der Waals surface area contributed by atoms with Crippen LogP contribution < -0.4 is 5.32 Å². The SMILES string of the molecule is O=C(Cc1ccc(F)cc1F)NC1CCCCC1CBr. The maximum atomic E-state index is 13.5. The summed E-state index contributed by atoms with van der Waals surface area (Å²) in [5.74, 6) is -1.06. The molecule has 1 aromatic rings. The first-order valence-electron chi connectivity index (χ1n) is 6.89. The second-order valence-corrected chi connectivity index (χ2v) is 5.93. The molecule has 2 rings (SSSR count). The lowest BCUT2D eigenvalue weighted by atomic mass is 9.86. The van der Waals surface area contributed by atoms with Crippen LogP contribution in [-0.4, -0.2) is 17.3 Å². The van der Waals surface area contributed by atoms with Gasteiger partial charge in [0.2, 0.25) is 5.91 Å². The normalized spacial score (nSPS) is 22.6. The molecule has 1 saturated carbocycles. The molecule has 0 heterocycles. The number of hydrogen-bond acceptors (Lipinski definition) is 1. The average Bonchev–Trinajstić information content (AvgIpc) is 2.42. The maximum absolute atomic E-state index is 13.5. The van der Waals surface area contributed by atoms with Crippen LogP contribution in [0.2, 0.25) is 0 Å². The Hall–Kier alpha value is -0.970. The molecule has 20 heavy (non-hydrogen) atoms. The van der Waals surface area contributed by atoms with Crippen LogP contribution in [0.15, 0.2) is 18.2 Å². The van der Waals surface area contributed by atoms with Crippen LogP contribution in [-0.2, 0) is 11.2 Å². The van der Waals surface area contributed by atoms with Crippen molar-refractivity contribution in [3.63, 3.8) is 0 Å². The minimum Gasteiger partial charge on any atom is -0.353 e. The van der Waals surface area contributed by atoms with Crippen LogP contribution in [0.25, 0.3) is 0 Å². The second kappa shape index (κ2) is 7.16. The molecule has 1 N–H and O–H groups in total. The first-order valence-corrected chi connectivity index (χ1v) is 8.01. The Morgan fingerprint density at radius 2 is 2.05 bits per heavy atom. The monoisotopic (exact) mass is 345 g/mol. The average molecular weight is 346 g/mol. The molecular weight excluding hydrogens is 328 g/mol. The minimum absolute atomic E-state index is 0.0440. The molecule has 2 nitrogen and oxygen atoms in total. The van der Waals surface area contributed by atoms with Crippen molar-refractivity contribution in [2.45, 2.75) is 38.1 Å². The van der Waals surface area contributed by atoms with Gasteiger partial charge in [-0.3, -0.25) is 4.79 Å². The molecule has 0 aromatic heterocycles. The third-order valence-electron chi connectivity index (χ3n) is 3.82. The Balaban J connectivity index is 1.94. The molecule has 1 amide bonds. The van der Waals surface area contributed by atoms with Gasteiger partial charge in [0.15, 0.2) is 0 Å². The zero-order chi connectivity index (χ0) is 14.5. The van der Waals surface area contributed by atoms with E-state index in [0.717, 1.165) is 30.7 Å². The molecule has 0 saturated heterocycles. The fourth-order valence-electron chi connectivity index (χ4n) is 2.68. The van der Waals surface area contributed by atoms with Gasteiger partial charge in [-0.2, -0.15) is 0 Å². The number of amides is 1. The Bertz CT molecular complexity index is 481. The first kappa shape index (κ1) is 15.4.